The standard InChI is InChI=1S/C31H46O6/c1-18-9-14-31(35-17-18)19(2)28-25(37-31)16-24-22-6-5-20-15-21(36-27(34)8-7-26(32)33)10-12-29(20,3)23(22)11-13-30(24,28)4/h5,18-19,21-25,28H,6-17H2,1-4H3,(H,32,33). The second kappa shape index (κ2) is 9.08. The van der Waals surface area contributed by atoms with Crippen molar-refractivity contribution in [3.63, 3.8) is 0 Å². The Morgan fingerprint density at radius 2 is 1.89 bits per heavy atom. The molecular weight excluding hydrogens is 468 g/mol. The van der Waals surface area contributed by atoms with E-state index in [0.717, 1.165) is 38.7 Å². The Bertz CT molecular complexity index is 965. The highest BCUT2D eigenvalue weighted by molar-refractivity contribution is 5.76. The highest BCUT2D eigenvalue weighted by Crippen LogP contribution is 2.70. The molecule has 6 heteroatoms. The van der Waals surface area contributed by atoms with Crippen LogP contribution in [0.1, 0.15) is 98.3 Å². The topological polar surface area (TPSA) is 82.1 Å². The first-order valence-electron chi connectivity index (χ1n) is 15.0. The smallest absolute Gasteiger partial charge is 0.306 e. The van der Waals surface area contributed by atoms with Gasteiger partial charge in [-0.25, -0.2) is 0 Å². The summed E-state index contributed by atoms with van der Waals surface area (Å²) < 4.78 is 19.1. The van der Waals surface area contributed by atoms with Gasteiger partial charge in [0, 0.05) is 18.8 Å². The van der Waals surface area contributed by atoms with Gasteiger partial charge in [0.1, 0.15) is 6.10 Å². The number of allylic oxidation sites excluding steroid dienone is 1. The number of carbonyl (C=O) groups excluding carboxylic acids is 1. The molecule has 4 aliphatic carbocycles. The summed E-state index contributed by atoms with van der Waals surface area (Å²) in [6.45, 7) is 10.6. The van der Waals surface area contributed by atoms with Crippen molar-refractivity contribution in [2.24, 2.45) is 46.3 Å². The van der Waals surface area contributed by atoms with E-state index in [4.69, 9.17) is 19.3 Å². The Kier molecular flexibility index (Phi) is 6.34. The van der Waals surface area contributed by atoms with E-state index in [2.05, 4.69) is 33.8 Å². The van der Waals surface area contributed by atoms with Gasteiger partial charge in [-0.2, -0.15) is 0 Å². The fraction of sp³-hybridized carbons (Fsp3) is 0.871. The number of esters is 1. The van der Waals surface area contributed by atoms with Crippen LogP contribution >= 0.6 is 0 Å². The molecule has 11 unspecified atom stereocenters. The third-order valence-corrected chi connectivity index (χ3v) is 12.2. The molecule has 6 nitrogen and oxygen atoms in total. The highest BCUT2D eigenvalue weighted by atomic mass is 16.7. The molecule has 6 rings (SSSR count). The number of carboxylic acid groups (broad SMARTS) is 1. The summed E-state index contributed by atoms with van der Waals surface area (Å²) in [5.41, 5.74) is 1.98. The lowest BCUT2D eigenvalue weighted by atomic mass is 9.47. The van der Waals surface area contributed by atoms with Crippen LogP contribution in [0, 0.1) is 46.3 Å². The van der Waals surface area contributed by atoms with Crippen LogP contribution in [-0.4, -0.2) is 41.6 Å². The highest BCUT2D eigenvalue weighted by Gasteiger charge is 2.68. The molecule has 11 atom stereocenters. The number of hydrogen-bond donors (Lipinski definition) is 1. The molecule has 0 aromatic carbocycles. The first-order valence-corrected chi connectivity index (χ1v) is 15.0. The fourth-order valence-electron chi connectivity index (χ4n) is 10.2. The van der Waals surface area contributed by atoms with Crippen LogP contribution in [0.5, 0.6) is 0 Å². The number of carbonyl (C=O) groups is 2. The van der Waals surface area contributed by atoms with Crippen LogP contribution in [0.2, 0.25) is 0 Å². The molecule has 0 aromatic rings. The molecule has 0 radical (unpaired) electrons. The van der Waals surface area contributed by atoms with Crippen molar-refractivity contribution in [3.05, 3.63) is 11.6 Å². The van der Waals surface area contributed by atoms with Crippen molar-refractivity contribution >= 4 is 11.9 Å². The van der Waals surface area contributed by atoms with Crippen molar-refractivity contribution in [3.8, 4) is 0 Å². The molecule has 3 saturated carbocycles. The molecule has 206 valence electrons. The van der Waals surface area contributed by atoms with Crippen molar-refractivity contribution < 1.29 is 28.9 Å². The van der Waals surface area contributed by atoms with Gasteiger partial charge in [-0.1, -0.05) is 39.3 Å². The first kappa shape index (κ1) is 25.9. The summed E-state index contributed by atoms with van der Waals surface area (Å²) in [5, 5.41) is 8.86. The molecule has 2 saturated heterocycles. The third-order valence-electron chi connectivity index (χ3n) is 12.2. The quantitative estimate of drug-likeness (QED) is 0.359. The van der Waals surface area contributed by atoms with E-state index in [1.165, 1.54) is 31.3 Å². The van der Waals surface area contributed by atoms with E-state index in [0.29, 0.717) is 47.0 Å². The van der Waals surface area contributed by atoms with Gasteiger partial charge in [0.15, 0.2) is 5.79 Å². The normalized spacial score (nSPS) is 50.4. The second-order valence-electron chi connectivity index (χ2n) is 14.0. The summed E-state index contributed by atoms with van der Waals surface area (Å²) in [6, 6.07) is 0. The molecular formula is C31H46O6. The van der Waals surface area contributed by atoms with Crippen molar-refractivity contribution in [1.29, 1.82) is 0 Å². The first-order chi connectivity index (χ1) is 17.6. The number of aliphatic carboxylic acids is 1. The van der Waals surface area contributed by atoms with E-state index in [1.807, 2.05) is 0 Å². The van der Waals surface area contributed by atoms with Crippen molar-refractivity contribution in [2.45, 2.75) is 116 Å². The number of ether oxygens (including phenoxy) is 3. The van der Waals surface area contributed by atoms with Crippen LogP contribution in [-0.2, 0) is 23.8 Å². The third kappa shape index (κ3) is 4.02. The molecule has 37 heavy (non-hydrogen) atoms. The van der Waals surface area contributed by atoms with Gasteiger partial charge in [0.2, 0.25) is 0 Å². The van der Waals surface area contributed by atoms with Gasteiger partial charge >= 0.3 is 11.9 Å². The lowest BCUT2D eigenvalue weighted by Gasteiger charge is -2.58. The van der Waals surface area contributed by atoms with Crippen LogP contribution in [0.15, 0.2) is 11.6 Å². The SMILES string of the molecule is CC1CCC2(OC1)OC1CC3C4CC=C5CC(OC(=O)CCC(=O)O)CCC5(C)C4CCC3(C)C1C2C. The predicted octanol–water partition coefficient (Wildman–Crippen LogP) is 6.13. The number of carboxylic acids is 1. The number of fused-ring (bicyclic) bond motifs is 7. The van der Waals surface area contributed by atoms with E-state index in [9.17, 15) is 9.59 Å². The largest absolute Gasteiger partial charge is 0.481 e. The maximum Gasteiger partial charge on any atom is 0.306 e. The molecule has 2 heterocycles. The summed E-state index contributed by atoms with van der Waals surface area (Å²) in [6.07, 6.45) is 12.4. The lowest BCUT2D eigenvalue weighted by Crippen LogP contribution is -2.52. The molecule has 1 spiro atoms. The maximum absolute atomic E-state index is 12.2. The molecule has 0 bridgehead atoms. The Morgan fingerprint density at radius 1 is 1.08 bits per heavy atom. The van der Waals surface area contributed by atoms with Crippen LogP contribution in [0.4, 0.5) is 0 Å². The molecule has 2 aliphatic heterocycles. The minimum absolute atomic E-state index is 0.0404. The van der Waals surface area contributed by atoms with Gasteiger partial charge in [0.25, 0.3) is 0 Å². The average molecular weight is 515 g/mol. The van der Waals surface area contributed by atoms with Crippen molar-refractivity contribution in [2.75, 3.05) is 6.61 Å². The second-order valence-corrected chi connectivity index (χ2v) is 14.0. The Balaban J connectivity index is 1.16. The van der Waals surface area contributed by atoms with E-state index < -0.39 is 5.97 Å². The number of rotatable bonds is 4. The zero-order valence-corrected chi connectivity index (χ0v) is 23.2. The predicted molar refractivity (Wildman–Crippen MR) is 138 cm³/mol. The Morgan fingerprint density at radius 3 is 2.62 bits per heavy atom. The molecule has 0 aromatic heterocycles. The molecule has 5 fully saturated rings. The van der Waals surface area contributed by atoms with Crippen LogP contribution in [0.3, 0.4) is 0 Å². The van der Waals surface area contributed by atoms with E-state index in [1.54, 1.807) is 0 Å². The average Bonchev–Trinajstić information content (AvgIpc) is 3.30. The van der Waals surface area contributed by atoms with Crippen LogP contribution in [0.25, 0.3) is 0 Å². The molecule has 0 amide bonds. The fourth-order valence-corrected chi connectivity index (χ4v) is 10.2. The minimum atomic E-state index is -0.953. The van der Waals surface area contributed by atoms with Gasteiger partial charge in [-0.3, -0.25) is 9.59 Å². The van der Waals surface area contributed by atoms with Gasteiger partial charge in [0.05, 0.1) is 25.6 Å². The molecule has 6 aliphatic rings. The zero-order valence-electron chi connectivity index (χ0n) is 23.2. The van der Waals surface area contributed by atoms with E-state index >= 15 is 0 Å². The van der Waals surface area contributed by atoms with Crippen molar-refractivity contribution in [1.82, 2.24) is 0 Å². The van der Waals surface area contributed by atoms with Crippen LogP contribution < -0.4 is 0 Å². The summed E-state index contributed by atoms with van der Waals surface area (Å²) in [4.78, 5) is 23.0. The lowest BCUT2D eigenvalue weighted by molar-refractivity contribution is -0.272. The van der Waals surface area contributed by atoms with Gasteiger partial charge < -0.3 is 19.3 Å². The summed E-state index contributed by atoms with van der Waals surface area (Å²) in [7, 11) is 0. The zero-order chi connectivity index (χ0) is 26.2. The molecule has 1 N–H and O–H groups in total. The minimum Gasteiger partial charge on any atom is -0.481 e. The number of hydrogen-bond acceptors (Lipinski definition) is 5. The van der Waals surface area contributed by atoms with Gasteiger partial charge in [-0.15, -0.1) is 0 Å². The summed E-state index contributed by atoms with van der Waals surface area (Å²) >= 11 is 0. The monoisotopic (exact) mass is 514 g/mol. The van der Waals surface area contributed by atoms with E-state index in [-0.39, 0.29) is 36.1 Å². The maximum atomic E-state index is 12.2. The van der Waals surface area contributed by atoms with Gasteiger partial charge in [-0.05, 0) is 85.4 Å². The Hall–Kier alpha value is -1.40. The summed E-state index contributed by atoms with van der Waals surface area (Å²) in [5.74, 6) is 2.08. The Labute approximate surface area is 221 Å².